The Morgan fingerprint density at radius 3 is 2.21 bits per heavy atom. The van der Waals surface area contributed by atoms with Crippen molar-refractivity contribution in [1.29, 1.82) is 0 Å². The average Bonchev–Trinajstić information content (AvgIpc) is 2.00. The van der Waals surface area contributed by atoms with Crippen molar-refractivity contribution < 1.29 is 14.3 Å². The third-order valence-corrected chi connectivity index (χ3v) is 2.17. The Morgan fingerprint density at radius 1 is 1.29 bits per heavy atom. The zero-order valence-electron chi connectivity index (χ0n) is 8.95. The number of carbonyl (C=O) groups excluding carboxylic acids is 2. The molecule has 0 aliphatic carbocycles. The lowest BCUT2D eigenvalue weighted by atomic mass is 10.2. The first kappa shape index (κ1) is 11.2. The molecule has 0 spiro atoms. The Bertz CT molecular complexity index is 230. The topological polar surface area (TPSA) is 46.6 Å². The smallest absolute Gasteiger partial charge is 0.230 e. The second-order valence-electron chi connectivity index (χ2n) is 3.93. The van der Waals surface area contributed by atoms with Crippen LogP contribution in [0.4, 0.5) is 0 Å². The molecule has 0 saturated carbocycles. The van der Waals surface area contributed by atoms with Gasteiger partial charge in [0.1, 0.15) is 5.78 Å². The third-order valence-electron chi connectivity index (χ3n) is 2.17. The zero-order chi connectivity index (χ0) is 10.7. The van der Waals surface area contributed by atoms with Crippen LogP contribution >= 0.6 is 0 Å². The summed E-state index contributed by atoms with van der Waals surface area (Å²) in [6.07, 6.45) is 0.142. The van der Waals surface area contributed by atoms with Crippen molar-refractivity contribution in [2.75, 3.05) is 13.1 Å². The van der Waals surface area contributed by atoms with Gasteiger partial charge in [0.25, 0.3) is 0 Å². The maximum atomic E-state index is 11.5. The van der Waals surface area contributed by atoms with Crippen molar-refractivity contribution in [3.05, 3.63) is 0 Å². The maximum Gasteiger partial charge on any atom is 0.230 e. The number of amides is 1. The van der Waals surface area contributed by atoms with Crippen LogP contribution in [-0.2, 0) is 14.3 Å². The minimum absolute atomic E-state index is 0.0133. The minimum Gasteiger partial charge on any atom is -0.372 e. The van der Waals surface area contributed by atoms with Gasteiger partial charge in [-0.25, -0.2) is 0 Å². The van der Waals surface area contributed by atoms with E-state index in [1.54, 1.807) is 4.90 Å². The summed E-state index contributed by atoms with van der Waals surface area (Å²) in [6, 6.07) is 0. The van der Waals surface area contributed by atoms with Gasteiger partial charge in [-0.15, -0.1) is 0 Å². The molecule has 0 aromatic rings. The Labute approximate surface area is 84.2 Å². The highest BCUT2D eigenvalue weighted by atomic mass is 16.5. The molecule has 4 nitrogen and oxygen atoms in total. The molecule has 0 radical (unpaired) electrons. The fraction of sp³-hybridized carbons (Fsp3) is 0.800. The van der Waals surface area contributed by atoms with Crippen molar-refractivity contribution in [2.45, 2.75) is 39.4 Å². The summed E-state index contributed by atoms with van der Waals surface area (Å²) in [6.45, 7) is 6.49. The highest BCUT2D eigenvalue weighted by molar-refractivity contribution is 5.96. The van der Waals surface area contributed by atoms with Gasteiger partial charge in [-0.3, -0.25) is 9.59 Å². The molecule has 0 bridgehead atoms. The Morgan fingerprint density at radius 2 is 1.79 bits per heavy atom. The third kappa shape index (κ3) is 3.10. The Hall–Kier alpha value is -0.900. The van der Waals surface area contributed by atoms with E-state index in [0.29, 0.717) is 13.1 Å². The van der Waals surface area contributed by atoms with Crippen molar-refractivity contribution in [2.24, 2.45) is 0 Å². The largest absolute Gasteiger partial charge is 0.372 e. The number of rotatable bonds is 2. The predicted molar refractivity (Wildman–Crippen MR) is 51.9 cm³/mol. The molecule has 1 fully saturated rings. The van der Waals surface area contributed by atoms with Gasteiger partial charge >= 0.3 is 0 Å². The summed E-state index contributed by atoms with van der Waals surface area (Å²) in [5.41, 5.74) is 0. The van der Waals surface area contributed by atoms with E-state index in [1.807, 2.05) is 13.8 Å². The normalized spacial score (nSPS) is 27.5. The number of ether oxygens (including phenoxy) is 1. The molecule has 4 heteroatoms. The van der Waals surface area contributed by atoms with Gasteiger partial charge in [-0.05, 0) is 20.8 Å². The molecule has 0 aromatic heterocycles. The lowest BCUT2D eigenvalue weighted by Gasteiger charge is -2.35. The number of morpholine rings is 1. The van der Waals surface area contributed by atoms with E-state index in [4.69, 9.17) is 4.74 Å². The number of carbonyl (C=O) groups is 2. The highest BCUT2D eigenvalue weighted by Crippen LogP contribution is 2.11. The van der Waals surface area contributed by atoms with Crippen molar-refractivity contribution in [3.63, 3.8) is 0 Å². The molecular weight excluding hydrogens is 182 g/mol. The van der Waals surface area contributed by atoms with Crippen molar-refractivity contribution in [3.8, 4) is 0 Å². The second-order valence-corrected chi connectivity index (χ2v) is 3.93. The molecule has 1 aliphatic heterocycles. The fourth-order valence-corrected chi connectivity index (χ4v) is 1.71. The van der Waals surface area contributed by atoms with Crippen LogP contribution in [0.3, 0.4) is 0 Å². The van der Waals surface area contributed by atoms with Gasteiger partial charge in [-0.1, -0.05) is 0 Å². The number of nitrogens with zero attached hydrogens (tertiary/aromatic N) is 1. The van der Waals surface area contributed by atoms with E-state index in [9.17, 15) is 9.59 Å². The molecule has 2 atom stereocenters. The first-order valence-corrected chi connectivity index (χ1v) is 4.91. The van der Waals surface area contributed by atoms with Crippen LogP contribution in [0.1, 0.15) is 27.2 Å². The summed E-state index contributed by atoms with van der Waals surface area (Å²) in [7, 11) is 0. The molecule has 0 N–H and O–H groups in total. The number of Topliss-reactive ketones (excluding diaryl/α,β-unsaturated/α-hetero) is 1. The average molecular weight is 199 g/mol. The van der Waals surface area contributed by atoms with Gasteiger partial charge in [0.2, 0.25) is 5.91 Å². The van der Waals surface area contributed by atoms with Crippen LogP contribution in [0, 0.1) is 0 Å². The maximum absolute atomic E-state index is 11.5. The quantitative estimate of drug-likeness (QED) is 0.612. The summed E-state index contributed by atoms with van der Waals surface area (Å²) in [5.74, 6) is -0.165. The number of hydrogen-bond donors (Lipinski definition) is 0. The Balaban J connectivity index is 2.50. The van der Waals surface area contributed by atoms with E-state index >= 15 is 0 Å². The second kappa shape index (κ2) is 4.55. The van der Waals surface area contributed by atoms with E-state index in [2.05, 4.69) is 0 Å². The lowest BCUT2D eigenvalue weighted by molar-refractivity contribution is -0.145. The molecule has 14 heavy (non-hydrogen) atoms. The van der Waals surface area contributed by atoms with Crippen molar-refractivity contribution >= 4 is 11.7 Å². The minimum atomic E-state index is -0.0838. The summed E-state index contributed by atoms with van der Waals surface area (Å²) >= 11 is 0. The van der Waals surface area contributed by atoms with Gasteiger partial charge in [0.15, 0.2) is 0 Å². The molecule has 2 unspecified atom stereocenters. The van der Waals surface area contributed by atoms with Gasteiger partial charge < -0.3 is 9.64 Å². The van der Waals surface area contributed by atoms with Gasteiger partial charge in [0.05, 0.1) is 18.6 Å². The SMILES string of the molecule is CC(=O)CC(=O)N1CC(C)OC(C)C1. The summed E-state index contributed by atoms with van der Waals surface area (Å²) in [5, 5.41) is 0. The predicted octanol–water partition coefficient (Wildman–Crippen LogP) is 0.601. The van der Waals surface area contributed by atoms with E-state index in [0.717, 1.165) is 0 Å². The molecule has 1 aliphatic rings. The highest BCUT2D eigenvalue weighted by Gasteiger charge is 2.25. The number of hydrogen-bond acceptors (Lipinski definition) is 3. The first-order valence-electron chi connectivity index (χ1n) is 4.91. The van der Waals surface area contributed by atoms with Crippen LogP contribution in [0.2, 0.25) is 0 Å². The standard InChI is InChI=1S/C10H17NO3/c1-7(12)4-10(13)11-5-8(2)14-9(3)6-11/h8-9H,4-6H2,1-3H3. The van der Waals surface area contributed by atoms with Crippen LogP contribution < -0.4 is 0 Å². The Kier molecular flexibility index (Phi) is 3.63. The van der Waals surface area contributed by atoms with Gasteiger partial charge in [-0.2, -0.15) is 0 Å². The van der Waals surface area contributed by atoms with Crippen LogP contribution in [0.5, 0.6) is 0 Å². The molecule has 1 heterocycles. The lowest BCUT2D eigenvalue weighted by Crippen LogP contribution is -2.48. The van der Waals surface area contributed by atoms with E-state index < -0.39 is 0 Å². The van der Waals surface area contributed by atoms with Crippen LogP contribution in [0.15, 0.2) is 0 Å². The number of ketones is 1. The van der Waals surface area contributed by atoms with Crippen LogP contribution in [0.25, 0.3) is 0 Å². The van der Waals surface area contributed by atoms with Crippen molar-refractivity contribution in [1.82, 2.24) is 4.90 Å². The summed E-state index contributed by atoms with van der Waals surface area (Å²) < 4.78 is 5.49. The molecule has 0 aromatic carbocycles. The van der Waals surface area contributed by atoms with Crippen LogP contribution in [-0.4, -0.2) is 41.9 Å². The van der Waals surface area contributed by atoms with Gasteiger partial charge in [0, 0.05) is 13.1 Å². The molecule has 80 valence electrons. The molecule has 1 saturated heterocycles. The molecule has 1 rings (SSSR count). The molecule has 1 amide bonds. The monoisotopic (exact) mass is 199 g/mol. The van der Waals surface area contributed by atoms with E-state index in [-0.39, 0.29) is 30.3 Å². The van der Waals surface area contributed by atoms with E-state index in [1.165, 1.54) is 6.92 Å². The zero-order valence-corrected chi connectivity index (χ0v) is 8.95. The fourth-order valence-electron chi connectivity index (χ4n) is 1.71. The first-order chi connectivity index (χ1) is 6.49. The summed E-state index contributed by atoms with van der Waals surface area (Å²) in [4.78, 5) is 24.0. The molecular formula is C10H17NO3.